The molecule has 0 bridgehead atoms. The molecule has 1 aromatic carbocycles. The zero-order valence-electron chi connectivity index (χ0n) is 21.8. The highest BCUT2D eigenvalue weighted by molar-refractivity contribution is 5.89. The van der Waals surface area contributed by atoms with E-state index in [4.69, 9.17) is 2.74 Å². The number of nitrogens with one attached hydrogen (secondary N) is 2. The van der Waals surface area contributed by atoms with Gasteiger partial charge in [-0.2, -0.15) is 0 Å². The van der Waals surface area contributed by atoms with Gasteiger partial charge < -0.3 is 19.7 Å². The molecule has 3 aliphatic heterocycles. The number of likely N-dealkylation sites (tertiary alicyclic amines) is 1. The third kappa shape index (κ3) is 4.16. The summed E-state index contributed by atoms with van der Waals surface area (Å²) in [5.41, 5.74) is 1.14. The lowest BCUT2D eigenvalue weighted by Crippen LogP contribution is -2.48. The second-order valence-corrected chi connectivity index (χ2v) is 10.5. The lowest BCUT2D eigenvalue weighted by atomic mass is 9.87. The first-order chi connectivity index (χ1) is 17.4. The highest BCUT2D eigenvalue weighted by Gasteiger charge is 2.36. The number of anilines is 1. The van der Waals surface area contributed by atoms with E-state index in [9.17, 15) is 0 Å². The van der Waals surface area contributed by atoms with Gasteiger partial charge in [-0.1, -0.05) is 12.1 Å². The average molecular weight is 472 g/mol. The topological polar surface area (TPSA) is 35.5 Å². The summed E-state index contributed by atoms with van der Waals surface area (Å²) in [5, 5.41) is 7.04. The van der Waals surface area contributed by atoms with E-state index in [-0.39, 0.29) is 5.82 Å². The van der Waals surface area contributed by atoms with Crippen LogP contribution in [0.25, 0.3) is 10.9 Å². The first-order valence-electron chi connectivity index (χ1n) is 14.1. The Morgan fingerprint density at radius 3 is 2.59 bits per heavy atom. The van der Waals surface area contributed by atoms with Crippen molar-refractivity contribution in [2.75, 3.05) is 50.8 Å². The fourth-order valence-corrected chi connectivity index (χ4v) is 6.14. The molecule has 0 radical (unpaired) electrons. The second-order valence-electron chi connectivity index (χ2n) is 10.5. The summed E-state index contributed by atoms with van der Waals surface area (Å²) in [5.74, 6) is 0.0453. The van der Waals surface area contributed by atoms with Crippen LogP contribution < -0.4 is 15.5 Å². The van der Waals surface area contributed by atoms with Crippen LogP contribution in [0.1, 0.15) is 65.2 Å². The zero-order valence-corrected chi connectivity index (χ0v) is 19.8. The van der Waals surface area contributed by atoms with Crippen molar-refractivity contribution in [3.8, 4) is 0 Å². The number of aromatic nitrogens is 1. The van der Waals surface area contributed by atoms with E-state index in [0.717, 1.165) is 57.2 Å². The predicted molar refractivity (Wildman–Crippen MR) is 134 cm³/mol. The Labute approximate surface area is 204 Å². The normalized spacial score (nSPS) is 29.8. The number of alkyl halides is 1. The van der Waals surface area contributed by atoms with E-state index in [1.54, 1.807) is 23.2 Å². The molecule has 2 aromatic rings. The van der Waals surface area contributed by atoms with Gasteiger partial charge in [-0.05, 0) is 88.7 Å². The molecular formula is C27H37F2N5. The second kappa shape index (κ2) is 9.25. The van der Waals surface area contributed by atoms with Crippen LogP contribution in [0.3, 0.4) is 0 Å². The van der Waals surface area contributed by atoms with Crippen LogP contribution in [0.5, 0.6) is 0 Å². The van der Waals surface area contributed by atoms with Crippen molar-refractivity contribution in [1.82, 2.24) is 20.1 Å². The molecule has 6 rings (SSSR count). The highest BCUT2D eigenvalue weighted by Crippen LogP contribution is 2.43. The largest absolute Gasteiger partial charge is 0.342 e. The van der Waals surface area contributed by atoms with Gasteiger partial charge in [0.25, 0.3) is 0 Å². The summed E-state index contributed by atoms with van der Waals surface area (Å²) in [7, 11) is 0. The first-order valence-corrected chi connectivity index (χ1v) is 12.9. The fourth-order valence-electron chi connectivity index (χ4n) is 6.14. The molecule has 3 fully saturated rings. The maximum Gasteiger partial charge on any atom is 0.171 e. The Balaban J connectivity index is 1.27. The number of fused-ring (bicyclic) bond motifs is 1. The van der Waals surface area contributed by atoms with Crippen LogP contribution in [0.2, 0.25) is 0 Å². The van der Waals surface area contributed by atoms with E-state index >= 15 is 8.78 Å². The van der Waals surface area contributed by atoms with Gasteiger partial charge in [-0.15, -0.1) is 0 Å². The number of hydrogen-bond acceptors (Lipinski definition) is 4. The van der Waals surface area contributed by atoms with Gasteiger partial charge in [0.15, 0.2) is 5.82 Å². The quantitative estimate of drug-likeness (QED) is 0.665. The molecule has 5 nitrogen and oxygen atoms in total. The Kier molecular flexibility index (Phi) is 5.51. The molecule has 2 unspecified atom stereocenters. The smallest absolute Gasteiger partial charge is 0.171 e. The molecule has 184 valence electrons. The minimum atomic E-state index is -1.08. The van der Waals surface area contributed by atoms with Gasteiger partial charge in [0.2, 0.25) is 0 Å². The molecule has 4 heterocycles. The van der Waals surface area contributed by atoms with E-state index in [0.29, 0.717) is 42.6 Å². The minimum absolute atomic E-state index is 0.291. The standard InChI is InChI=1S/C27H37F2N5/c28-25-24(33-14-2-11-31-19-33)6-5-22-23(17-34(26(22)25)21-3-1-4-21)20-7-15-32(16-8-20)18-27(29)9-12-30-13-10-27/h2,5-6,14,17,20-21,30-31H,1,3-4,7-13,15-16,18-19H2/i11D,19D. The Morgan fingerprint density at radius 1 is 1.09 bits per heavy atom. The van der Waals surface area contributed by atoms with Crippen molar-refractivity contribution in [2.24, 2.45) is 0 Å². The molecule has 0 amide bonds. The van der Waals surface area contributed by atoms with Gasteiger partial charge in [0.1, 0.15) is 5.67 Å². The SMILES string of the molecule is [2H]C1C=CN(c2ccc3c(C4CCN(CC5(F)CCNCC5)CC4)cn(C4CCC4)c3c2F)C([2H])N1. The van der Waals surface area contributed by atoms with Crippen LogP contribution in [-0.4, -0.2) is 61.0 Å². The van der Waals surface area contributed by atoms with Crippen molar-refractivity contribution in [3.63, 3.8) is 0 Å². The van der Waals surface area contributed by atoms with Gasteiger partial charge in [0, 0.05) is 38.3 Å². The van der Waals surface area contributed by atoms with Crippen molar-refractivity contribution in [1.29, 1.82) is 0 Å². The lowest BCUT2D eigenvalue weighted by Gasteiger charge is -2.38. The lowest BCUT2D eigenvalue weighted by molar-refractivity contribution is 0.0510. The predicted octanol–water partition coefficient (Wildman–Crippen LogP) is 4.66. The summed E-state index contributed by atoms with van der Waals surface area (Å²) < 4.78 is 49.7. The van der Waals surface area contributed by atoms with Crippen LogP contribution >= 0.6 is 0 Å². The number of nitrogens with zero attached hydrogens (tertiary/aromatic N) is 3. The van der Waals surface area contributed by atoms with E-state index in [1.165, 1.54) is 12.0 Å². The highest BCUT2D eigenvalue weighted by atomic mass is 19.1. The number of benzene rings is 1. The minimum Gasteiger partial charge on any atom is -0.342 e. The first kappa shape index (κ1) is 20.3. The van der Waals surface area contributed by atoms with Gasteiger partial charge in [0.05, 0.1) is 19.2 Å². The molecule has 2 atom stereocenters. The van der Waals surface area contributed by atoms with Crippen LogP contribution in [0.15, 0.2) is 30.6 Å². The summed E-state index contributed by atoms with van der Waals surface area (Å²) in [6.45, 7) is 2.23. The van der Waals surface area contributed by atoms with E-state index in [1.807, 2.05) is 6.07 Å². The Morgan fingerprint density at radius 2 is 1.88 bits per heavy atom. The van der Waals surface area contributed by atoms with Crippen LogP contribution in [-0.2, 0) is 0 Å². The summed E-state index contributed by atoms with van der Waals surface area (Å²) >= 11 is 0. The molecule has 2 saturated heterocycles. The Hall–Kier alpha value is -1.96. The maximum absolute atomic E-state index is 16.1. The third-order valence-electron chi connectivity index (χ3n) is 8.38. The monoisotopic (exact) mass is 471 g/mol. The van der Waals surface area contributed by atoms with Gasteiger partial charge >= 0.3 is 0 Å². The van der Waals surface area contributed by atoms with Crippen molar-refractivity contribution in [2.45, 2.75) is 62.6 Å². The van der Waals surface area contributed by atoms with E-state index in [2.05, 4.69) is 26.3 Å². The Bertz CT molecular complexity index is 1120. The molecule has 0 spiro atoms. The molecule has 2 N–H and O–H groups in total. The summed E-state index contributed by atoms with van der Waals surface area (Å²) in [6.07, 6.45) is 11.8. The maximum atomic E-state index is 16.1. The molecule has 1 aromatic heterocycles. The third-order valence-corrected chi connectivity index (χ3v) is 8.38. The molecule has 4 aliphatic rings. The van der Waals surface area contributed by atoms with Crippen LogP contribution in [0.4, 0.5) is 14.5 Å². The van der Waals surface area contributed by atoms with E-state index < -0.39 is 18.8 Å². The number of rotatable bonds is 5. The average Bonchev–Trinajstić information content (AvgIpc) is 3.19. The van der Waals surface area contributed by atoms with Gasteiger partial charge in [-0.3, -0.25) is 5.32 Å². The number of halogens is 2. The molecule has 34 heavy (non-hydrogen) atoms. The van der Waals surface area contributed by atoms with Crippen molar-refractivity contribution < 1.29 is 11.5 Å². The number of piperidine rings is 2. The van der Waals surface area contributed by atoms with Crippen LogP contribution in [0, 0.1) is 5.82 Å². The molecule has 1 saturated carbocycles. The molecular weight excluding hydrogens is 432 g/mol. The fraction of sp³-hybridized carbons (Fsp3) is 0.630. The molecule has 7 heteroatoms. The number of hydrogen-bond donors (Lipinski definition) is 2. The summed E-state index contributed by atoms with van der Waals surface area (Å²) in [6, 6.07) is 4.11. The molecule has 1 aliphatic carbocycles. The zero-order chi connectivity index (χ0) is 24.9. The van der Waals surface area contributed by atoms with Crippen molar-refractivity contribution in [3.05, 3.63) is 42.0 Å². The van der Waals surface area contributed by atoms with Crippen molar-refractivity contribution >= 4 is 16.6 Å². The summed E-state index contributed by atoms with van der Waals surface area (Å²) in [4.78, 5) is 3.85. The van der Waals surface area contributed by atoms with Gasteiger partial charge in [-0.25, -0.2) is 8.78 Å².